The van der Waals surface area contributed by atoms with Crippen molar-refractivity contribution in [1.82, 2.24) is 0 Å². The summed E-state index contributed by atoms with van der Waals surface area (Å²) in [4.78, 5) is 10.8. The third-order valence-electron chi connectivity index (χ3n) is 3.28. The van der Waals surface area contributed by atoms with Gasteiger partial charge in [-0.3, -0.25) is 0 Å². The Morgan fingerprint density at radius 1 is 1.05 bits per heavy atom. The Labute approximate surface area is 143 Å². The van der Waals surface area contributed by atoms with Crippen molar-refractivity contribution >= 4 is 5.97 Å². The topological polar surface area (TPSA) is 60.4 Å². The summed E-state index contributed by atoms with van der Waals surface area (Å²) in [5.74, 6) is -1.24. The standard InChI is InChI=1S/C16H24O3.Na/c1-2-3-4-5-6-7-8-9-13-10-14(16(18)19)12-15(17)11-13;/h10-12,17H,2-9H2,1H3,(H,18,19);/q;+1/p-1. The van der Waals surface area contributed by atoms with Gasteiger partial charge in [-0.05, 0) is 24.5 Å². The zero-order valence-corrected chi connectivity index (χ0v) is 14.7. The Balaban J connectivity index is 0.00000361. The van der Waals surface area contributed by atoms with Crippen LogP contribution in [0.5, 0.6) is 5.75 Å². The molecule has 4 heteroatoms. The first-order valence-electron chi connectivity index (χ1n) is 7.17. The number of rotatable bonds is 9. The molecule has 0 heterocycles. The molecule has 1 aromatic carbocycles. The molecule has 0 saturated carbocycles. The molecule has 0 amide bonds. The minimum absolute atomic E-state index is 0. The van der Waals surface area contributed by atoms with Gasteiger partial charge in [0.15, 0.2) is 0 Å². The summed E-state index contributed by atoms with van der Waals surface area (Å²) in [6.45, 7) is 2.20. The molecule has 0 fully saturated rings. The summed E-state index contributed by atoms with van der Waals surface area (Å²) >= 11 is 0. The Morgan fingerprint density at radius 3 is 2.25 bits per heavy atom. The van der Waals surface area contributed by atoms with Crippen LogP contribution in [-0.4, -0.2) is 11.1 Å². The van der Waals surface area contributed by atoms with E-state index < -0.39 is 5.97 Å². The fourth-order valence-electron chi connectivity index (χ4n) is 2.21. The fraction of sp³-hybridized carbons (Fsp3) is 0.562. The molecule has 0 aliphatic heterocycles. The van der Waals surface area contributed by atoms with E-state index in [4.69, 9.17) is 5.11 Å². The predicted octanol–water partition coefficient (Wildman–Crippen LogP) is 0.756. The summed E-state index contributed by atoms with van der Waals surface area (Å²) in [6.07, 6.45) is 9.33. The van der Waals surface area contributed by atoms with Gasteiger partial charge in [-0.1, -0.05) is 57.6 Å². The van der Waals surface area contributed by atoms with E-state index in [1.807, 2.05) is 0 Å². The summed E-state index contributed by atoms with van der Waals surface area (Å²) < 4.78 is 0. The molecule has 3 nitrogen and oxygen atoms in total. The fourth-order valence-corrected chi connectivity index (χ4v) is 2.21. The van der Waals surface area contributed by atoms with Crippen LogP contribution in [0.1, 0.15) is 67.8 Å². The summed E-state index contributed by atoms with van der Waals surface area (Å²) in [6, 6.07) is 4.33. The molecule has 106 valence electrons. The average molecular weight is 286 g/mol. The number of aromatic carboxylic acids is 1. The SMILES string of the molecule is CCCCCCCCCc1cc([O-])cc(C(=O)O)c1.[Na+]. The van der Waals surface area contributed by atoms with Gasteiger partial charge >= 0.3 is 35.5 Å². The maximum Gasteiger partial charge on any atom is 1.00 e. The van der Waals surface area contributed by atoms with Crippen molar-refractivity contribution < 1.29 is 44.6 Å². The van der Waals surface area contributed by atoms with Crippen molar-refractivity contribution in [2.75, 3.05) is 0 Å². The molecule has 0 spiro atoms. The zero-order chi connectivity index (χ0) is 14.1. The molecule has 0 unspecified atom stereocenters. The van der Waals surface area contributed by atoms with Crippen LogP contribution in [0, 0.1) is 0 Å². The predicted molar refractivity (Wildman–Crippen MR) is 74.5 cm³/mol. The normalized spacial score (nSPS) is 10.1. The van der Waals surface area contributed by atoms with Crippen LogP contribution in [-0.2, 0) is 6.42 Å². The van der Waals surface area contributed by atoms with Gasteiger partial charge in [0.05, 0.1) is 5.56 Å². The number of hydrogen-bond acceptors (Lipinski definition) is 2. The molecule has 0 aliphatic carbocycles. The molecule has 0 aromatic heterocycles. The van der Waals surface area contributed by atoms with Crippen LogP contribution in [0.4, 0.5) is 0 Å². The van der Waals surface area contributed by atoms with E-state index in [9.17, 15) is 9.90 Å². The maximum absolute atomic E-state index is 11.4. The van der Waals surface area contributed by atoms with Gasteiger partial charge in [0.2, 0.25) is 0 Å². The van der Waals surface area contributed by atoms with Crippen molar-refractivity contribution in [3.8, 4) is 5.75 Å². The van der Waals surface area contributed by atoms with Gasteiger partial charge in [0, 0.05) is 0 Å². The van der Waals surface area contributed by atoms with Gasteiger partial charge in [0.1, 0.15) is 0 Å². The summed E-state index contributed by atoms with van der Waals surface area (Å²) in [5.41, 5.74) is 0.948. The van der Waals surface area contributed by atoms with E-state index in [-0.39, 0.29) is 40.9 Å². The number of carboxylic acids is 1. The molecule has 0 saturated heterocycles. The van der Waals surface area contributed by atoms with E-state index in [2.05, 4.69) is 6.92 Å². The minimum atomic E-state index is -1.03. The molecule has 0 bridgehead atoms. The number of aryl methyl sites for hydroxylation is 1. The second-order valence-corrected chi connectivity index (χ2v) is 5.04. The largest absolute Gasteiger partial charge is 1.00 e. The molecule has 20 heavy (non-hydrogen) atoms. The number of carbonyl (C=O) groups is 1. The second kappa shape index (κ2) is 11.2. The monoisotopic (exact) mass is 286 g/mol. The van der Waals surface area contributed by atoms with E-state index in [1.54, 1.807) is 12.1 Å². The molecule has 0 aliphatic rings. The molecule has 1 rings (SSSR count). The molecule has 1 aromatic rings. The van der Waals surface area contributed by atoms with E-state index in [0.29, 0.717) is 0 Å². The third kappa shape index (κ3) is 7.93. The zero-order valence-electron chi connectivity index (χ0n) is 12.7. The quantitative estimate of drug-likeness (QED) is 0.538. The van der Waals surface area contributed by atoms with Crippen molar-refractivity contribution in [2.45, 2.75) is 58.3 Å². The van der Waals surface area contributed by atoms with Gasteiger partial charge < -0.3 is 10.2 Å². The van der Waals surface area contributed by atoms with Crippen molar-refractivity contribution in [2.24, 2.45) is 0 Å². The van der Waals surface area contributed by atoms with Crippen LogP contribution in [0.2, 0.25) is 0 Å². The Morgan fingerprint density at radius 2 is 1.65 bits per heavy atom. The molecular formula is C16H23NaO3. The second-order valence-electron chi connectivity index (χ2n) is 5.04. The van der Waals surface area contributed by atoms with E-state index >= 15 is 0 Å². The van der Waals surface area contributed by atoms with Gasteiger partial charge in [-0.2, -0.15) is 0 Å². The van der Waals surface area contributed by atoms with Gasteiger partial charge in [0.25, 0.3) is 0 Å². The first kappa shape index (κ1) is 19.5. The average Bonchev–Trinajstić information content (AvgIpc) is 2.37. The molecule has 0 radical (unpaired) electrons. The van der Waals surface area contributed by atoms with Gasteiger partial charge in [-0.25, -0.2) is 4.79 Å². The summed E-state index contributed by atoms with van der Waals surface area (Å²) in [5, 5.41) is 20.2. The van der Waals surface area contributed by atoms with Crippen molar-refractivity contribution in [3.05, 3.63) is 29.3 Å². The van der Waals surface area contributed by atoms with E-state index in [0.717, 1.165) is 24.8 Å². The molecule has 0 atom stereocenters. The minimum Gasteiger partial charge on any atom is -0.872 e. The number of benzene rings is 1. The smallest absolute Gasteiger partial charge is 0.872 e. The van der Waals surface area contributed by atoms with Gasteiger partial charge in [-0.15, -0.1) is 5.75 Å². The molecule has 1 N–H and O–H groups in total. The number of unbranched alkanes of at least 4 members (excludes halogenated alkanes) is 6. The molecular weight excluding hydrogens is 263 g/mol. The summed E-state index contributed by atoms with van der Waals surface area (Å²) in [7, 11) is 0. The number of carboxylic acid groups (broad SMARTS) is 1. The first-order chi connectivity index (χ1) is 9.13. The van der Waals surface area contributed by atoms with Crippen LogP contribution in [0.25, 0.3) is 0 Å². The van der Waals surface area contributed by atoms with Crippen LogP contribution >= 0.6 is 0 Å². The Hall–Kier alpha value is -0.510. The first-order valence-corrected chi connectivity index (χ1v) is 7.17. The van der Waals surface area contributed by atoms with Crippen LogP contribution in [0.15, 0.2) is 18.2 Å². The Bertz CT molecular complexity index is 405. The van der Waals surface area contributed by atoms with Crippen LogP contribution < -0.4 is 34.7 Å². The Kier molecular flexibility index (Phi) is 10.9. The van der Waals surface area contributed by atoms with Crippen LogP contribution in [0.3, 0.4) is 0 Å². The maximum atomic E-state index is 11.4. The number of hydrogen-bond donors (Lipinski definition) is 1. The van der Waals surface area contributed by atoms with Crippen molar-refractivity contribution in [1.29, 1.82) is 0 Å². The third-order valence-corrected chi connectivity index (χ3v) is 3.28. The van der Waals surface area contributed by atoms with E-state index in [1.165, 1.54) is 38.2 Å². The van der Waals surface area contributed by atoms with Crippen molar-refractivity contribution in [3.63, 3.8) is 0 Å².